The smallest absolute Gasteiger partial charge is 0.200 e. The molecular weight excluding hydrogens is 291 g/mol. The molecule has 21 heavy (non-hydrogen) atoms. The predicted octanol–water partition coefficient (Wildman–Crippen LogP) is 3.70. The van der Waals surface area contributed by atoms with Crippen molar-refractivity contribution in [3.63, 3.8) is 0 Å². The molecule has 1 aromatic carbocycles. The summed E-state index contributed by atoms with van der Waals surface area (Å²) in [5.74, 6) is -9.31. The molecule has 0 amide bonds. The number of nitrogens with one attached hydrogen (secondary N) is 1. The summed E-state index contributed by atoms with van der Waals surface area (Å²) in [6, 6.07) is 0. The van der Waals surface area contributed by atoms with E-state index in [0.717, 1.165) is 12.8 Å². The fourth-order valence-electron chi connectivity index (χ4n) is 2.67. The average molecular weight is 308 g/mol. The van der Waals surface area contributed by atoms with Crippen molar-refractivity contribution in [2.45, 2.75) is 38.1 Å². The third-order valence-corrected chi connectivity index (χ3v) is 4.22. The van der Waals surface area contributed by atoms with Crippen LogP contribution in [0.1, 0.15) is 32.6 Å². The molecule has 0 radical (unpaired) electrons. The maximum absolute atomic E-state index is 13.7. The van der Waals surface area contributed by atoms with Crippen molar-refractivity contribution < 1.29 is 22.0 Å². The van der Waals surface area contributed by atoms with E-state index in [-0.39, 0.29) is 6.54 Å². The van der Waals surface area contributed by atoms with Gasteiger partial charge in [-0.1, -0.05) is 6.92 Å². The van der Waals surface area contributed by atoms with Gasteiger partial charge in [0.1, 0.15) is 5.69 Å². The van der Waals surface area contributed by atoms with Crippen molar-refractivity contribution in [2.24, 2.45) is 11.7 Å². The lowest BCUT2D eigenvalue weighted by Gasteiger charge is -2.40. The normalized spacial score (nSPS) is 26.0. The summed E-state index contributed by atoms with van der Waals surface area (Å²) in [5.41, 5.74) is 3.83. The van der Waals surface area contributed by atoms with Gasteiger partial charge in [0.15, 0.2) is 23.3 Å². The monoisotopic (exact) mass is 308 g/mol. The van der Waals surface area contributed by atoms with Crippen LogP contribution in [-0.2, 0) is 0 Å². The lowest BCUT2D eigenvalue weighted by Crippen LogP contribution is -2.48. The molecule has 0 atom stereocenters. The first-order chi connectivity index (χ1) is 9.81. The quantitative estimate of drug-likeness (QED) is 0.507. The van der Waals surface area contributed by atoms with E-state index >= 15 is 0 Å². The molecule has 2 nitrogen and oxygen atoms in total. The van der Waals surface area contributed by atoms with Gasteiger partial charge in [-0.15, -0.1) is 0 Å². The Labute approximate surface area is 119 Å². The third-order valence-electron chi connectivity index (χ3n) is 4.22. The first-order valence-electron chi connectivity index (χ1n) is 6.81. The minimum atomic E-state index is -2.16. The second-order valence-electron chi connectivity index (χ2n) is 5.74. The number of rotatable bonds is 3. The van der Waals surface area contributed by atoms with E-state index in [9.17, 15) is 22.0 Å². The van der Waals surface area contributed by atoms with E-state index in [1.807, 2.05) is 6.92 Å². The minimum Gasteiger partial charge on any atom is -0.373 e. The van der Waals surface area contributed by atoms with Crippen LogP contribution >= 0.6 is 0 Å². The van der Waals surface area contributed by atoms with Crippen LogP contribution in [-0.4, -0.2) is 12.1 Å². The Kier molecular flexibility index (Phi) is 4.41. The summed E-state index contributed by atoms with van der Waals surface area (Å²) >= 11 is 0. The molecule has 1 fully saturated rings. The fourth-order valence-corrected chi connectivity index (χ4v) is 2.67. The molecule has 1 aliphatic rings. The van der Waals surface area contributed by atoms with Gasteiger partial charge in [0.25, 0.3) is 0 Å². The van der Waals surface area contributed by atoms with Crippen molar-refractivity contribution in [2.75, 3.05) is 11.9 Å². The molecule has 0 heterocycles. The second kappa shape index (κ2) is 5.79. The second-order valence-corrected chi connectivity index (χ2v) is 5.74. The van der Waals surface area contributed by atoms with Gasteiger partial charge in [0.05, 0.1) is 0 Å². The van der Waals surface area contributed by atoms with Crippen LogP contribution in [0.25, 0.3) is 0 Å². The van der Waals surface area contributed by atoms with Crippen molar-refractivity contribution in [3.05, 3.63) is 29.1 Å². The molecule has 3 N–H and O–H groups in total. The SMILES string of the molecule is CC1CCC(CN)(Nc2c(F)c(F)c(F)c(F)c2F)CC1. The molecule has 0 unspecified atom stereocenters. The number of benzene rings is 1. The van der Waals surface area contributed by atoms with E-state index < -0.39 is 40.3 Å². The molecular formula is C14H17F5N2. The van der Waals surface area contributed by atoms with Crippen LogP contribution in [0, 0.1) is 35.0 Å². The zero-order chi connectivity index (χ0) is 15.8. The highest BCUT2D eigenvalue weighted by molar-refractivity contribution is 5.50. The number of hydrogen-bond acceptors (Lipinski definition) is 2. The van der Waals surface area contributed by atoms with Gasteiger partial charge in [-0.25, -0.2) is 22.0 Å². The first kappa shape index (κ1) is 16.0. The van der Waals surface area contributed by atoms with Crippen LogP contribution in [0.15, 0.2) is 0 Å². The van der Waals surface area contributed by atoms with E-state index in [4.69, 9.17) is 5.73 Å². The molecule has 0 saturated heterocycles. The van der Waals surface area contributed by atoms with Crippen molar-refractivity contribution in [3.8, 4) is 0 Å². The van der Waals surface area contributed by atoms with Crippen LogP contribution in [0.4, 0.5) is 27.6 Å². The Morgan fingerprint density at radius 2 is 1.38 bits per heavy atom. The average Bonchev–Trinajstić information content (AvgIpc) is 2.50. The predicted molar refractivity (Wildman–Crippen MR) is 69.3 cm³/mol. The first-order valence-corrected chi connectivity index (χ1v) is 6.81. The zero-order valence-corrected chi connectivity index (χ0v) is 11.6. The van der Waals surface area contributed by atoms with Gasteiger partial charge in [-0.05, 0) is 31.6 Å². The summed E-state index contributed by atoms with van der Waals surface area (Å²) in [7, 11) is 0. The van der Waals surface area contributed by atoms with Crippen LogP contribution in [0.5, 0.6) is 0 Å². The Morgan fingerprint density at radius 3 is 1.81 bits per heavy atom. The fraction of sp³-hybridized carbons (Fsp3) is 0.571. The van der Waals surface area contributed by atoms with Gasteiger partial charge in [-0.2, -0.15) is 0 Å². The highest BCUT2D eigenvalue weighted by atomic mass is 19.2. The van der Waals surface area contributed by atoms with Crippen molar-refractivity contribution in [1.29, 1.82) is 0 Å². The minimum absolute atomic E-state index is 0.0548. The molecule has 0 aromatic heterocycles. The molecule has 1 saturated carbocycles. The molecule has 118 valence electrons. The molecule has 0 spiro atoms. The topological polar surface area (TPSA) is 38.0 Å². The number of hydrogen-bond donors (Lipinski definition) is 2. The summed E-state index contributed by atoms with van der Waals surface area (Å²) < 4.78 is 66.9. The van der Waals surface area contributed by atoms with Gasteiger partial charge < -0.3 is 11.1 Å². The van der Waals surface area contributed by atoms with E-state index in [0.29, 0.717) is 18.8 Å². The molecule has 1 aliphatic carbocycles. The summed E-state index contributed by atoms with van der Waals surface area (Å²) in [6.45, 7) is 2.10. The molecule has 0 bridgehead atoms. The molecule has 0 aliphatic heterocycles. The standard InChI is InChI=1S/C14H17F5N2/c1-7-2-4-14(6-20,5-3-7)21-13-11(18)9(16)8(15)10(17)12(13)19/h7,21H,2-6,20H2,1H3. The molecule has 2 rings (SSSR count). The zero-order valence-electron chi connectivity index (χ0n) is 11.6. The molecule has 7 heteroatoms. The van der Waals surface area contributed by atoms with Gasteiger partial charge in [-0.3, -0.25) is 0 Å². The largest absolute Gasteiger partial charge is 0.373 e. The van der Waals surface area contributed by atoms with E-state index in [2.05, 4.69) is 5.32 Å². The maximum atomic E-state index is 13.7. The van der Waals surface area contributed by atoms with Gasteiger partial charge >= 0.3 is 0 Å². The van der Waals surface area contributed by atoms with Crippen LogP contribution in [0.3, 0.4) is 0 Å². The number of nitrogens with two attached hydrogens (primary N) is 1. The highest BCUT2D eigenvalue weighted by Crippen LogP contribution is 2.36. The third kappa shape index (κ3) is 2.84. The highest BCUT2D eigenvalue weighted by Gasteiger charge is 2.36. The van der Waals surface area contributed by atoms with Gasteiger partial charge in [0, 0.05) is 12.1 Å². The van der Waals surface area contributed by atoms with E-state index in [1.165, 1.54) is 0 Å². The van der Waals surface area contributed by atoms with Crippen molar-refractivity contribution in [1.82, 2.24) is 0 Å². The van der Waals surface area contributed by atoms with Gasteiger partial charge in [0.2, 0.25) is 5.82 Å². The Bertz CT molecular complexity index is 510. The summed E-state index contributed by atoms with van der Waals surface area (Å²) in [5, 5.41) is 2.49. The van der Waals surface area contributed by atoms with E-state index in [1.54, 1.807) is 0 Å². The van der Waals surface area contributed by atoms with Crippen LogP contribution < -0.4 is 11.1 Å². The summed E-state index contributed by atoms with van der Waals surface area (Å²) in [4.78, 5) is 0. The maximum Gasteiger partial charge on any atom is 0.200 e. The lowest BCUT2D eigenvalue weighted by molar-refractivity contribution is 0.269. The summed E-state index contributed by atoms with van der Waals surface area (Å²) in [6.07, 6.45) is 2.59. The Morgan fingerprint density at radius 1 is 0.952 bits per heavy atom. The molecule has 1 aromatic rings. The van der Waals surface area contributed by atoms with Crippen LogP contribution in [0.2, 0.25) is 0 Å². The van der Waals surface area contributed by atoms with Crippen molar-refractivity contribution >= 4 is 5.69 Å². The lowest BCUT2D eigenvalue weighted by atomic mass is 9.77. The Hall–Kier alpha value is -1.37. The Balaban J connectivity index is 2.39. The number of halogens is 5. The number of anilines is 1.